The molecule has 0 aromatic carbocycles. The van der Waals surface area contributed by atoms with E-state index in [0.29, 0.717) is 19.5 Å². The second-order valence-corrected chi connectivity index (χ2v) is 5.72. The third-order valence-electron chi connectivity index (χ3n) is 4.26. The summed E-state index contributed by atoms with van der Waals surface area (Å²) in [5, 5.41) is 9.48. The van der Waals surface area contributed by atoms with Gasteiger partial charge in [0.05, 0.1) is 11.8 Å². The molecule has 1 atom stereocenters. The Morgan fingerprint density at radius 1 is 1.50 bits per heavy atom. The lowest BCUT2D eigenvalue weighted by molar-refractivity contribution is -0.151. The highest BCUT2D eigenvalue weighted by molar-refractivity contribution is 5.82. The van der Waals surface area contributed by atoms with Gasteiger partial charge in [0.1, 0.15) is 0 Å². The number of hydrogen-bond acceptors (Lipinski definition) is 3. The average molecular weight is 276 g/mol. The summed E-state index contributed by atoms with van der Waals surface area (Å²) in [5.74, 6) is -0.817. The lowest BCUT2D eigenvalue weighted by Crippen LogP contribution is -2.41. The third-order valence-corrected chi connectivity index (χ3v) is 4.26. The number of carbonyl (C=O) groups is 2. The Morgan fingerprint density at radius 3 is 2.75 bits per heavy atom. The molecule has 0 aliphatic carbocycles. The van der Waals surface area contributed by atoms with Gasteiger partial charge in [-0.3, -0.25) is 14.6 Å². The van der Waals surface area contributed by atoms with Gasteiger partial charge in [-0.2, -0.15) is 0 Å². The first-order valence-electron chi connectivity index (χ1n) is 6.86. The van der Waals surface area contributed by atoms with Crippen LogP contribution in [0.1, 0.15) is 25.8 Å². The van der Waals surface area contributed by atoms with Crippen LogP contribution in [0.4, 0.5) is 0 Å². The van der Waals surface area contributed by atoms with Crippen LogP contribution in [0.25, 0.3) is 0 Å². The van der Waals surface area contributed by atoms with Crippen LogP contribution in [0.2, 0.25) is 0 Å². The Kier molecular flexibility index (Phi) is 4.06. The van der Waals surface area contributed by atoms with Crippen molar-refractivity contribution >= 4 is 11.9 Å². The summed E-state index contributed by atoms with van der Waals surface area (Å²) in [7, 11) is 0. The standard InChI is InChI=1S/C15H20N2O3/c1-11(2)15(14(19)20)5-7-17(10-15)13(18)8-12-4-3-6-16-9-12/h3-4,6,9,11H,5,7-8,10H2,1-2H3,(H,19,20). The van der Waals surface area contributed by atoms with E-state index < -0.39 is 11.4 Å². The van der Waals surface area contributed by atoms with Crippen LogP contribution in [0, 0.1) is 11.3 Å². The Balaban J connectivity index is 2.05. The molecule has 0 saturated carbocycles. The Bertz CT molecular complexity index is 501. The van der Waals surface area contributed by atoms with Crippen LogP contribution in [-0.2, 0) is 16.0 Å². The summed E-state index contributed by atoms with van der Waals surface area (Å²) in [6.07, 6.45) is 4.14. The van der Waals surface area contributed by atoms with Crippen molar-refractivity contribution in [3.63, 3.8) is 0 Å². The maximum absolute atomic E-state index is 12.3. The molecule has 2 heterocycles. The van der Waals surface area contributed by atoms with E-state index in [1.165, 1.54) is 0 Å². The van der Waals surface area contributed by atoms with E-state index >= 15 is 0 Å². The molecule has 1 amide bonds. The van der Waals surface area contributed by atoms with E-state index in [2.05, 4.69) is 4.98 Å². The van der Waals surface area contributed by atoms with Crippen LogP contribution in [0.15, 0.2) is 24.5 Å². The first kappa shape index (κ1) is 14.5. The molecule has 1 aliphatic heterocycles. The summed E-state index contributed by atoms with van der Waals surface area (Å²) in [6.45, 7) is 4.63. The van der Waals surface area contributed by atoms with Crippen molar-refractivity contribution in [2.24, 2.45) is 11.3 Å². The molecule has 5 heteroatoms. The molecule has 1 aromatic heterocycles. The van der Waals surface area contributed by atoms with Crippen LogP contribution in [0.3, 0.4) is 0 Å². The zero-order chi connectivity index (χ0) is 14.8. The Morgan fingerprint density at radius 2 is 2.25 bits per heavy atom. The number of hydrogen-bond donors (Lipinski definition) is 1. The Labute approximate surface area is 118 Å². The summed E-state index contributed by atoms with van der Waals surface area (Å²) in [5.41, 5.74) is 0.0554. The van der Waals surface area contributed by atoms with E-state index in [4.69, 9.17) is 0 Å². The minimum absolute atomic E-state index is 0.0104. The average Bonchev–Trinajstić information content (AvgIpc) is 2.86. The van der Waals surface area contributed by atoms with Gasteiger partial charge in [0, 0.05) is 25.5 Å². The van der Waals surface area contributed by atoms with Crippen LogP contribution < -0.4 is 0 Å². The van der Waals surface area contributed by atoms with Crippen molar-refractivity contribution in [3.05, 3.63) is 30.1 Å². The lowest BCUT2D eigenvalue weighted by Gasteiger charge is -2.28. The first-order chi connectivity index (χ1) is 9.45. The zero-order valence-corrected chi connectivity index (χ0v) is 11.9. The number of aliphatic carboxylic acids is 1. The van der Waals surface area contributed by atoms with Gasteiger partial charge in [0.25, 0.3) is 0 Å². The van der Waals surface area contributed by atoms with Crippen molar-refractivity contribution in [1.29, 1.82) is 0 Å². The van der Waals surface area contributed by atoms with Gasteiger partial charge in [-0.25, -0.2) is 0 Å². The number of pyridine rings is 1. The number of amides is 1. The summed E-state index contributed by atoms with van der Waals surface area (Å²) < 4.78 is 0. The molecule has 1 fully saturated rings. The topological polar surface area (TPSA) is 70.5 Å². The van der Waals surface area contributed by atoms with Crippen molar-refractivity contribution in [3.8, 4) is 0 Å². The van der Waals surface area contributed by atoms with Crippen molar-refractivity contribution in [2.45, 2.75) is 26.7 Å². The fourth-order valence-electron chi connectivity index (χ4n) is 2.73. The number of carboxylic acids is 1. The van der Waals surface area contributed by atoms with E-state index in [9.17, 15) is 14.7 Å². The van der Waals surface area contributed by atoms with Gasteiger partial charge in [0.2, 0.25) is 5.91 Å². The molecular formula is C15H20N2O3. The molecule has 1 unspecified atom stereocenters. The normalized spacial score (nSPS) is 22.2. The molecule has 0 radical (unpaired) electrons. The van der Waals surface area contributed by atoms with Crippen molar-refractivity contribution in [1.82, 2.24) is 9.88 Å². The molecule has 0 bridgehead atoms. The minimum Gasteiger partial charge on any atom is -0.481 e. The fourth-order valence-corrected chi connectivity index (χ4v) is 2.73. The zero-order valence-electron chi connectivity index (χ0n) is 11.9. The van der Waals surface area contributed by atoms with Crippen LogP contribution in [-0.4, -0.2) is 40.0 Å². The van der Waals surface area contributed by atoms with Gasteiger partial charge in [-0.1, -0.05) is 19.9 Å². The third kappa shape index (κ3) is 2.66. The number of carbonyl (C=O) groups excluding carboxylic acids is 1. The monoisotopic (exact) mass is 276 g/mol. The number of rotatable bonds is 4. The highest BCUT2D eigenvalue weighted by atomic mass is 16.4. The van der Waals surface area contributed by atoms with E-state index in [1.54, 1.807) is 23.4 Å². The summed E-state index contributed by atoms with van der Waals surface area (Å²) in [6, 6.07) is 3.65. The van der Waals surface area contributed by atoms with E-state index in [0.717, 1.165) is 5.56 Å². The van der Waals surface area contributed by atoms with Crippen molar-refractivity contribution in [2.75, 3.05) is 13.1 Å². The largest absolute Gasteiger partial charge is 0.481 e. The summed E-state index contributed by atoms with van der Waals surface area (Å²) in [4.78, 5) is 29.4. The second-order valence-electron chi connectivity index (χ2n) is 5.72. The van der Waals surface area contributed by atoms with Crippen LogP contribution in [0.5, 0.6) is 0 Å². The Hall–Kier alpha value is -1.91. The SMILES string of the molecule is CC(C)C1(C(=O)O)CCN(C(=O)Cc2cccnc2)C1. The van der Waals surface area contributed by atoms with E-state index in [-0.39, 0.29) is 18.2 Å². The van der Waals surface area contributed by atoms with Gasteiger partial charge in [0.15, 0.2) is 0 Å². The van der Waals surface area contributed by atoms with Gasteiger partial charge < -0.3 is 10.0 Å². The molecule has 108 valence electrons. The smallest absolute Gasteiger partial charge is 0.311 e. The lowest BCUT2D eigenvalue weighted by atomic mass is 9.76. The predicted octanol–water partition coefficient (Wildman–Crippen LogP) is 1.58. The predicted molar refractivity (Wildman–Crippen MR) is 74.0 cm³/mol. The maximum Gasteiger partial charge on any atom is 0.311 e. The highest BCUT2D eigenvalue weighted by Gasteiger charge is 2.48. The minimum atomic E-state index is -0.802. The van der Waals surface area contributed by atoms with Crippen molar-refractivity contribution < 1.29 is 14.7 Å². The molecule has 20 heavy (non-hydrogen) atoms. The quantitative estimate of drug-likeness (QED) is 0.906. The molecule has 1 N–H and O–H groups in total. The number of likely N-dealkylation sites (tertiary alicyclic amines) is 1. The molecular weight excluding hydrogens is 256 g/mol. The maximum atomic E-state index is 12.3. The fraction of sp³-hybridized carbons (Fsp3) is 0.533. The first-order valence-corrected chi connectivity index (χ1v) is 6.86. The van der Waals surface area contributed by atoms with E-state index in [1.807, 2.05) is 19.9 Å². The summed E-state index contributed by atoms with van der Waals surface area (Å²) >= 11 is 0. The molecule has 2 rings (SSSR count). The molecule has 5 nitrogen and oxygen atoms in total. The number of nitrogens with zero attached hydrogens (tertiary/aromatic N) is 2. The van der Waals surface area contributed by atoms with Gasteiger partial charge in [-0.05, 0) is 24.0 Å². The molecule has 1 aliphatic rings. The number of carboxylic acid groups (broad SMARTS) is 1. The number of aromatic nitrogens is 1. The molecule has 1 saturated heterocycles. The molecule has 1 aromatic rings. The highest BCUT2D eigenvalue weighted by Crippen LogP contribution is 2.38. The van der Waals surface area contributed by atoms with Gasteiger partial charge >= 0.3 is 5.97 Å². The second kappa shape index (κ2) is 5.61. The molecule has 0 spiro atoms. The van der Waals surface area contributed by atoms with Crippen LogP contribution >= 0.6 is 0 Å². The van der Waals surface area contributed by atoms with Gasteiger partial charge in [-0.15, -0.1) is 0 Å².